The second kappa shape index (κ2) is 4.67. The van der Waals surface area contributed by atoms with Gasteiger partial charge in [0.1, 0.15) is 11.0 Å². The Balaban J connectivity index is 2.11. The van der Waals surface area contributed by atoms with E-state index in [1.165, 1.54) is 0 Å². The van der Waals surface area contributed by atoms with Crippen LogP contribution in [0.3, 0.4) is 0 Å². The summed E-state index contributed by atoms with van der Waals surface area (Å²) in [6.45, 7) is 0.781. The summed E-state index contributed by atoms with van der Waals surface area (Å²) < 4.78 is 0. The first-order valence-electron chi connectivity index (χ1n) is 5.35. The van der Waals surface area contributed by atoms with E-state index in [0.29, 0.717) is 5.69 Å². The van der Waals surface area contributed by atoms with Crippen molar-refractivity contribution in [3.05, 3.63) is 24.0 Å². The minimum Gasteiger partial charge on any atom is -0.388 e. The van der Waals surface area contributed by atoms with Crippen molar-refractivity contribution in [2.45, 2.75) is 12.5 Å². The molecule has 1 saturated heterocycles. The van der Waals surface area contributed by atoms with Gasteiger partial charge < -0.3 is 16.0 Å². The molecule has 0 aliphatic carbocycles. The fourth-order valence-corrected chi connectivity index (χ4v) is 1.92. The summed E-state index contributed by atoms with van der Waals surface area (Å²) >= 11 is 4.86. The Kier molecular flexibility index (Phi) is 3.23. The lowest BCUT2D eigenvalue weighted by Crippen LogP contribution is -2.31. The van der Waals surface area contributed by atoms with Gasteiger partial charge in [-0.05, 0) is 18.6 Å². The minimum absolute atomic E-state index is 0.110. The molecule has 1 amide bonds. The number of likely N-dealkylation sites (N-methyl/N-ethyl adjacent to an activating group) is 1. The molecule has 17 heavy (non-hydrogen) atoms. The van der Waals surface area contributed by atoms with Gasteiger partial charge in [-0.1, -0.05) is 12.2 Å². The molecule has 1 fully saturated rings. The van der Waals surface area contributed by atoms with Crippen LogP contribution < -0.4 is 11.1 Å². The topological polar surface area (TPSA) is 71.2 Å². The predicted molar refractivity (Wildman–Crippen MR) is 69.8 cm³/mol. The zero-order valence-electron chi connectivity index (χ0n) is 9.51. The Labute approximate surface area is 105 Å². The van der Waals surface area contributed by atoms with Gasteiger partial charge in [0.25, 0.3) is 0 Å². The summed E-state index contributed by atoms with van der Waals surface area (Å²) in [5, 5.41) is 3.17. The molecule has 2 rings (SSSR count). The van der Waals surface area contributed by atoms with Gasteiger partial charge in [0.15, 0.2) is 0 Å². The third-order valence-electron chi connectivity index (χ3n) is 2.78. The number of carbonyl (C=O) groups excluding carboxylic acids is 1. The lowest BCUT2D eigenvalue weighted by molar-refractivity contribution is -0.127. The smallest absolute Gasteiger partial charge is 0.244 e. The highest BCUT2D eigenvalue weighted by Gasteiger charge is 2.28. The summed E-state index contributed by atoms with van der Waals surface area (Å²) in [5.41, 5.74) is 6.88. The second-order valence-corrected chi connectivity index (χ2v) is 4.48. The maximum Gasteiger partial charge on any atom is 0.244 e. The Bertz CT molecular complexity index is 463. The highest BCUT2D eigenvalue weighted by atomic mass is 32.1. The van der Waals surface area contributed by atoms with Crippen LogP contribution in [0.4, 0.5) is 5.69 Å². The Morgan fingerprint density at radius 3 is 3.06 bits per heavy atom. The van der Waals surface area contributed by atoms with E-state index in [2.05, 4.69) is 10.3 Å². The lowest BCUT2D eigenvalue weighted by Gasteiger charge is -2.13. The molecule has 0 radical (unpaired) electrons. The molecule has 1 aromatic rings. The summed E-state index contributed by atoms with van der Waals surface area (Å²) in [4.78, 5) is 17.7. The Morgan fingerprint density at radius 2 is 2.47 bits per heavy atom. The van der Waals surface area contributed by atoms with Crippen LogP contribution in [0, 0.1) is 0 Å². The van der Waals surface area contributed by atoms with Gasteiger partial charge in [0.2, 0.25) is 5.91 Å². The number of thiocarbonyl (C=S) groups is 1. The first-order chi connectivity index (χ1) is 8.08. The van der Waals surface area contributed by atoms with Crippen LogP contribution in [-0.2, 0) is 4.79 Å². The summed E-state index contributed by atoms with van der Waals surface area (Å²) in [7, 11) is 1.80. The fourth-order valence-electron chi connectivity index (χ4n) is 1.81. The van der Waals surface area contributed by atoms with Crippen LogP contribution in [0.25, 0.3) is 0 Å². The van der Waals surface area contributed by atoms with Gasteiger partial charge in [-0.25, -0.2) is 0 Å². The van der Waals surface area contributed by atoms with Crippen molar-refractivity contribution >= 4 is 28.8 Å². The molecule has 0 bridgehead atoms. The predicted octanol–water partition coefficient (Wildman–Crippen LogP) is 0.358. The Morgan fingerprint density at radius 1 is 1.71 bits per heavy atom. The molecule has 2 heterocycles. The van der Waals surface area contributed by atoms with Crippen LogP contribution in [0.5, 0.6) is 0 Å². The van der Waals surface area contributed by atoms with E-state index in [0.717, 1.165) is 18.7 Å². The van der Waals surface area contributed by atoms with Gasteiger partial charge >= 0.3 is 0 Å². The average Bonchev–Trinajstić information content (AvgIpc) is 2.61. The monoisotopic (exact) mass is 250 g/mol. The zero-order valence-corrected chi connectivity index (χ0v) is 10.3. The van der Waals surface area contributed by atoms with Crippen molar-refractivity contribution in [2.75, 3.05) is 18.9 Å². The second-order valence-electron chi connectivity index (χ2n) is 4.04. The lowest BCUT2D eigenvalue weighted by atomic mass is 10.2. The molecule has 0 saturated carbocycles. The summed E-state index contributed by atoms with van der Waals surface area (Å²) in [6.07, 6.45) is 2.43. The van der Waals surface area contributed by atoms with E-state index in [9.17, 15) is 4.79 Å². The minimum atomic E-state index is -0.165. The third-order valence-corrected chi connectivity index (χ3v) is 2.99. The number of hydrogen-bond acceptors (Lipinski definition) is 4. The summed E-state index contributed by atoms with van der Waals surface area (Å²) in [5.74, 6) is 0.110. The van der Waals surface area contributed by atoms with Crippen molar-refractivity contribution in [1.29, 1.82) is 0 Å². The van der Waals surface area contributed by atoms with Crippen LogP contribution in [0.1, 0.15) is 12.1 Å². The number of pyridine rings is 1. The number of amides is 1. The molecule has 0 aromatic carbocycles. The molecular weight excluding hydrogens is 236 g/mol. The van der Waals surface area contributed by atoms with E-state index in [1.807, 2.05) is 0 Å². The normalized spacial score (nSPS) is 19.5. The number of likely N-dealkylation sites (tertiary alicyclic amines) is 1. The fraction of sp³-hybridized carbons (Fsp3) is 0.364. The first-order valence-corrected chi connectivity index (χ1v) is 5.76. The maximum absolute atomic E-state index is 11.7. The molecule has 1 aliphatic rings. The number of nitrogens with two attached hydrogens (primary N) is 1. The number of carbonyl (C=O) groups is 1. The molecule has 1 aliphatic heterocycles. The highest BCUT2D eigenvalue weighted by Crippen LogP contribution is 2.16. The number of anilines is 1. The molecule has 3 N–H and O–H groups in total. The standard InChI is InChI=1S/C11H14N4OS/c1-15-5-3-8(11(15)16)14-7-2-4-13-9(6-7)10(12)17/h2,4,6,8H,3,5H2,1H3,(H2,12,17)(H,13,14). The molecular formula is C11H14N4OS. The SMILES string of the molecule is CN1CCC(Nc2ccnc(C(N)=S)c2)C1=O. The van der Waals surface area contributed by atoms with Gasteiger partial charge in [0, 0.05) is 25.5 Å². The van der Waals surface area contributed by atoms with Crippen molar-refractivity contribution in [3.63, 3.8) is 0 Å². The van der Waals surface area contributed by atoms with E-state index in [-0.39, 0.29) is 16.9 Å². The maximum atomic E-state index is 11.7. The molecule has 6 heteroatoms. The van der Waals surface area contributed by atoms with Gasteiger partial charge in [-0.15, -0.1) is 0 Å². The van der Waals surface area contributed by atoms with Crippen molar-refractivity contribution in [3.8, 4) is 0 Å². The van der Waals surface area contributed by atoms with E-state index < -0.39 is 0 Å². The average molecular weight is 250 g/mol. The quantitative estimate of drug-likeness (QED) is 0.758. The van der Waals surface area contributed by atoms with Crippen molar-refractivity contribution in [2.24, 2.45) is 5.73 Å². The molecule has 90 valence electrons. The van der Waals surface area contributed by atoms with Gasteiger partial charge in [-0.2, -0.15) is 0 Å². The number of rotatable bonds is 3. The molecule has 1 aromatic heterocycles. The van der Waals surface area contributed by atoms with Crippen LogP contribution >= 0.6 is 12.2 Å². The molecule has 0 spiro atoms. The van der Waals surface area contributed by atoms with Crippen LogP contribution in [0.2, 0.25) is 0 Å². The molecule has 1 atom stereocenters. The number of hydrogen-bond donors (Lipinski definition) is 2. The number of aromatic nitrogens is 1. The largest absolute Gasteiger partial charge is 0.388 e. The third kappa shape index (κ3) is 2.52. The Hall–Kier alpha value is -1.69. The molecule has 5 nitrogen and oxygen atoms in total. The van der Waals surface area contributed by atoms with Gasteiger partial charge in [-0.3, -0.25) is 9.78 Å². The zero-order chi connectivity index (χ0) is 12.4. The highest BCUT2D eigenvalue weighted by molar-refractivity contribution is 7.80. The van der Waals surface area contributed by atoms with E-state index in [1.54, 1.807) is 30.3 Å². The first kappa shape index (κ1) is 11.8. The number of nitrogens with one attached hydrogen (secondary N) is 1. The van der Waals surface area contributed by atoms with Gasteiger partial charge in [0.05, 0.1) is 5.69 Å². The van der Waals surface area contributed by atoms with E-state index in [4.69, 9.17) is 18.0 Å². The number of nitrogens with zero attached hydrogens (tertiary/aromatic N) is 2. The van der Waals surface area contributed by atoms with Crippen LogP contribution in [-0.4, -0.2) is 40.4 Å². The van der Waals surface area contributed by atoms with Crippen molar-refractivity contribution < 1.29 is 4.79 Å². The summed E-state index contributed by atoms with van der Waals surface area (Å²) in [6, 6.07) is 3.39. The molecule has 1 unspecified atom stereocenters. The van der Waals surface area contributed by atoms with E-state index >= 15 is 0 Å². The van der Waals surface area contributed by atoms with Crippen LogP contribution in [0.15, 0.2) is 18.3 Å². The van der Waals surface area contributed by atoms with Crippen molar-refractivity contribution in [1.82, 2.24) is 9.88 Å².